The molecule has 0 fully saturated rings. The summed E-state index contributed by atoms with van der Waals surface area (Å²) in [6.45, 7) is 3.74. The number of carbonyl (C=O) groups excluding carboxylic acids is 3. The topological polar surface area (TPSA) is 66.5 Å². The van der Waals surface area contributed by atoms with Gasteiger partial charge in [-0.05, 0) is 38.1 Å². The monoisotopic (exact) mass is 322 g/mol. The van der Waals surface area contributed by atoms with E-state index in [1.54, 1.807) is 53.4 Å². The number of hydrogen-bond donors (Lipinski definition) is 1. The molecular weight excluding hydrogens is 304 g/mol. The van der Waals surface area contributed by atoms with Gasteiger partial charge in [0.25, 0.3) is 11.8 Å². The van der Waals surface area contributed by atoms with E-state index in [9.17, 15) is 14.4 Å². The van der Waals surface area contributed by atoms with Crippen LogP contribution in [0, 0.1) is 0 Å². The molecule has 1 heterocycles. The van der Waals surface area contributed by atoms with Gasteiger partial charge in [-0.2, -0.15) is 0 Å². The van der Waals surface area contributed by atoms with Crippen molar-refractivity contribution in [2.75, 3.05) is 11.4 Å². The largest absolute Gasteiger partial charge is 0.348 e. The molecule has 1 unspecified atom stereocenters. The van der Waals surface area contributed by atoms with Gasteiger partial charge in [-0.1, -0.05) is 24.3 Å². The van der Waals surface area contributed by atoms with E-state index in [2.05, 4.69) is 5.32 Å². The lowest BCUT2D eigenvalue weighted by atomic mass is 10.1. The molecule has 0 bridgehead atoms. The number of rotatable bonds is 2. The molecule has 122 valence electrons. The normalized spacial score (nSPS) is 16.8. The lowest BCUT2D eigenvalue weighted by Crippen LogP contribution is -2.41. The Balaban J connectivity index is 2.00. The molecule has 2 aromatic carbocycles. The van der Waals surface area contributed by atoms with Crippen molar-refractivity contribution in [3.63, 3.8) is 0 Å². The van der Waals surface area contributed by atoms with Crippen LogP contribution in [-0.4, -0.2) is 30.2 Å². The summed E-state index contributed by atoms with van der Waals surface area (Å²) >= 11 is 0. The number of hydrogen-bond acceptors (Lipinski definition) is 3. The first-order valence-corrected chi connectivity index (χ1v) is 7.80. The highest BCUT2D eigenvalue weighted by Crippen LogP contribution is 2.25. The average Bonchev–Trinajstić information content (AvgIpc) is 2.71. The maximum absolute atomic E-state index is 13.0. The van der Waals surface area contributed by atoms with E-state index < -0.39 is 0 Å². The Bertz CT molecular complexity index is 812. The van der Waals surface area contributed by atoms with Gasteiger partial charge in [-0.3, -0.25) is 14.4 Å². The summed E-state index contributed by atoms with van der Waals surface area (Å²) in [6, 6.07) is 13.5. The number of Topliss-reactive ketones (excluding diaryl/α,β-unsaturated/α-hetero) is 1. The van der Waals surface area contributed by atoms with Crippen LogP contribution in [0.2, 0.25) is 0 Å². The van der Waals surface area contributed by atoms with Crippen molar-refractivity contribution in [3.8, 4) is 0 Å². The SMILES string of the molecule is CC(=O)c1ccc(C(=O)N2CC(C)NC(=O)c3ccccc32)cc1. The third-order valence-corrected chi connectivity index (χ3v) is 4.06. The van der Waals surface area contributed by atoms with Crippen LogP contribution in [0.4, 0.5) is 5.69 Å². The van der Waals surface area contributed by atoms with Gasteiger partial charge in [-0.15, -0.1) is 0 Å². The predicted octanol–water partition coefficient (Wildman–Crippen LogP) is 2.67. The van der Waals surface area contributed by atoms with E-state index in [1.807, 2.05) is 6.92 Å². The van der Waals surface area contributed by atoms with Gasteiger partial charge in [0, 0.05) is 23.7 Å². The molecule has 5 nitrogen and oxygen atoms in total. The molecule has 3 rings (SSSR count). The van der Waals surface area contributed by atoms with Crippen molar-refractivity contribution in [2.45, 2.75) is 19.9 Å². The summed E-state index contributed by atoms with van der Waals surface area (Å²) in [6.07, 6.45) is 0. The Morgan fingerprint density at radius 1 is 1.04 bits per heavy atom. The molecular formula is C19H18N2O3. The van der Waals surface area contributed by atoms with Crippen LogP contribution in [0.25, 0.3) is 0 Å². The van der Waals surface area contributed by atoms with Crippen molar-refractivity contribution in [3.05, 3.63) is 65.2 Å². The van der Waals surface area contributed by atoms with Crippen molar-refractivity contribution >= 4 is 23.3 Å². The fraction of sp³-hybridized carbons (Fsp3) is 0.211. The van der Waals surface area contributed by atoms with E-state index in [1.165, 1.54) is 6.92 Å². The molecule has 0 aromatic heterocycles. The third kappa shape index (κ3) is 2.93. The van der Waals surface area contributed by atoms with Crippen LogP contribution in [-0.2, 0) is 0 Å². The molecule has 1 N–H and O–H groups in total. The highest BCUT2D eigenvalue weighted by atomic mass is 16.2. The van der Waals surface area contributed by atoms with Gasteiger partial charge in [0.2, 0.25) is 0 Å². The predicted molar refractivity (Wildman–Crippen MR) is 91.5 cm³/mol. The van der Waals surface area contributed by atoms with Crippen LogP contribution in [0.15, 0.2) is 48.5 Å². The van der Waals surface area contributed by atoms with E-state index in [4.69, 9.17) is 0 Å². The minimum atomic E-state index is -0.194. The Morgan fingerprint density at radius 3 is 2.33 bits per heavy atom. The van der Waals surface area contributed by atoms with Crippen LogP contribution in [0.1, 0.15) is 44.9 Å². The number of ketones is 1. The molecule has 0 saturated heterocycles. The molecule has 2 amide bonds. The van der Waals surface area contributed by atoms with E-state index in [-0.39, 0.29) is 23.6 Å². The Kier molecular flexibility index (Phi) is 4.16. The minimum absolute atomic E-state index is 0.0439. The van der Waals surface area contributed by atoms with Crippen LogP contribution in [0.3, 0.4) is 0 Å². The maximum Gasteiger partial charge on any atom is 0.258 e. The average molecular weight is 322 g/mol. The Hall–Kier alpha value is -2.95. The third-order valence-electron chi connectivity index (χ3n) is 4.06. The van der Waals surface area contributed by atoms with Gasteiger partial charge in [0.05, 0.1) is 11.3 Å². The number of fused-ring (bicyclic) bond motifs is 1. The second-order valence-electron chi connectivity index (χ2n) is 5.94. The number of carbonyl (C=O) groups is 3. The first-order chi connectivity index (χ1) is 11.5. The molecule has 24 heavy (non-hydrogen) atoms. The quantitative estimate of drug-likeness (QED) is 0.865. The van der Waals surface area contributed by atoms with Gasteiger partial charge in [0.15, 0.2) is 5.78 Å². The highest BCUT2D eigenvalue weighted by Gasteiger charge is 2.28. The Labute approximate surface area is 140 Å². The summed E-state index contributed by atoms with van der Waals surface area (Å²) in [5.41, 5.74) is 2.12. The summed E-state index contributed by atoms with van der Waals surface area (Å²) in [5.74, 6) is -0.418. The number of nitrogens with zero attached hydrogens (tertiary/aromatic N) is 1. The van der Waals surface area contributed by atoms with E-state index >= 15 is 0 Å². The molecule has 0 saturated carbocycles. The fourth-order valence-electron chi connectivity index (χ4n) is 2.82. The van der Waals surface area contributed by atoms with Crippen LogP contribution < -0.4 is 10.2 Å². The Morgan fingerprint density at radius 2 is 1.67 bits per heavy atom. The van der Waals surface area contributed by atoms with Gasteiger partial charge < -0.3 is 10.2 Å². The van der Waals surface area contributed by atoms with E-state index in [0.717, 1.165) is 0 Å². The molecule has 1 aliphatic heterocycles. The first-order valence-electron chi connectivity index (χ1n) is 7.80. The number of para-hydroxylation sites is 1. The van der Waals surface area contributed by atoms with Crippen LogP contribution >= 0.6 is 0 Å². The van der Waals surface area contributed by atoms with E-state index in [0.29, 0.717) is 28.9 Å². The summed E-state index contributed by atoms with van der Waals surface area (Å²) in [5, 5.41) is 2.88. The highest BCUT2D eigenvalue weighted by molar-refractivity contribution is 6.11. The zero-order chi connectivity index (χ0) is 17.3. The number of nitrogens with one attached hydrogen (secondary N) is 1. The van der Waals surface area contributed by atoms with Crippen molar-refractivity contribution in [2.24, 2.45) is 0 Å². The lowest BCUT2D eigenvalue weighted by Gasteiger charge is -2.24. The molecule has 0 radical (unpaired) electrons. The number of anilines is 1. The summed E-state index contributed by atoms with van der Waals surface area (Å²) < 4.78 is 0. The second kappa shape index (κ2) is 6.28. The minimum Gasteiger partial charge on any atom is -0.348 e. The van der Waals surface area contributed by atoms with Gasteiger partial charge in [0.1, 0.15) is 0 Å². The summed E-state index contributed by atoms with van der Waals surface area (Å²) in [7, 11) is 0. The molecule has 5 heteroatoms. The van der Waals surface area contributed by atoms with Gasteiger partial charge in [-0.25, -0.2) is 0 Å². The zero-order valence-electron chi connectivity index (χ0n) is 13.6. The van der Waals surface area contributed by atoms with Crippen LogP contribution in [0.5, 0.6) is 0 Å². The van der Waals surface area contributed by atoms with Crippen molar-refractivity contribution in [1.82, 2.24) is 5.32 Å². The van der Waals surface area contributed by atoms with Crippen molar-refractivity contribution < 1.29 is 14.4 Å². The van der Waals surface area contributed by atoms with Crippen molar-refractivity contribution in [1.29, 1.82) is 0 Å². The smallest absolute Gasteiger partial charge is 0.258 e. The molecule has 1 aliphatic rings. The number of benzene rings is 2. The zero-order valence-corrected chi connectivity index (χ0v) is 13.6. The van der Waals surface area contributed by atoms with Gasteiger partial charge >= 0.3 is 0 Å². The first kappa shape index (κ1) is 15.9. The maximum atomic E-state index is 13.0. The second-order valence-corrected chi connectivity index (χ2v) is 5.94. The standard InChI is InChI=1S/C19H18N2O3/c1-12-11-21(17-6-4-3-5-16(17)18(23)20-12)19(24)15-9-7-14(8-10-15)13(2)22/h3-10,12H,11H2,1-2H3,(H,20,23). The molecule has 0 spiro atoms. The molecule has 2 aromatic rings. The lowest BCUT2D eigenvalue weighted by molar-refractivity contribution is 0.0939. The number of amides is 2. The molecule has 0 aliphatic carbocycles. The molecule has 1 atom stereocenters. The summed E-state index contributed by atoms with van der Waals surface area (Å²) in [4.78, 5) is 38.2. The fourth-order valence-corrected chi connectivity index (χ4v) is 2.82.